The number of rotatable bonds is 11. The van der Waals surface area contributed by atoms with E-state index in [1.807, 2.05) is 61.5 Å². The van der Waals surface area contributed by atoms with Crippen molar-refractivity contribution in [2.45, 2.75) is 30.8 Å². The summed E-state index contributed by atoms with van der Waals surface area (Å²) in [5, 5.41) is 2.69. The average molecular weight is 713 g/mol. The van der Waals surface area contributed by atoms with Gasteiger partial charge in [0.15, 0.2) is 0 Å². The molecule has 0 unspecified atom stereocenters. The van der Waals surface area contributed by atoms with Crippen LogP contribution in [0.25, 0.3) is 0 Å². The summed E-state index contributed by atoms with van der Waals surface area (Å²) in [6.45, 7) is 1.46. The smallest absolute Gasteiger partial charge is 0.264 e. The van der Waals surface area contributed by atoms with E-state index in [-0.39, 0.29) is 23.8 Å². The Morgan fingerprint density at radius 3 is 2.05 bits per heavy atom. The van der Waals surface area contributed by atoms with Crippen molar-refractivity contribution in [3.05, 3.63) is 129 Å². The summed E-state index contributed by atoms with van der Waals surface area (Å²) in [6.07, 6.45) is 0.252. The summed E-state index contributed by atoms with van der Waals surface area (Å²) in [5.74, 6) is -0.868. The van der Waals surface area contributed by atoms with Crippen LogP contribution in [0.2, 0.25) is 0 Å². The van der Waals surface area contributed by atoms with Gasteiger partial charge in [-0.1, -0.05) is 98.1 Å². The van der Waals surface area contributed by atoms with Crippen molar-refractivity contribution in [1.82, 2.24) is 10.2 Å². The highest BCUT2D eigenvalue weighted by molar-refractivity contribution is 9.10. The Morgan fingerprint density at radius 2 is 1.43 bits per heavy atom. The maximum atomic E-state index is 14.3. The fraction of sp³-hybridized carbons (Fsp3) is 0.188. The van der Waals surface area contributed by atoms with Crippen molar-refractivity contribution in [2.75, 3.05) is 17.9 Å². The van der Waals surface area contributed by atoms with Gasteiger partial charge in [0.05, 0.1) is 10.6 Å². The number of benzene rings is 4. The number of likely N-dealkylation sites (N-methyl/N-ethyl adjacent to an activating group) is 1. The van der Waals surface area contributed by atoms with E-state index in [4.69, 9.17) is 0 Å². The summed E-state index contributed by atoms with van der Waals surface area (Å²) >= 11 is 6.91. The Bertz CT molecular complexity index is 1650. The molecule has 4 aromatic rings. The molecule has 4 rings (SSSR count). The lowest BCUT2D eigenvalue weighted by Crippen LogP contribution is -2.53. The van der Waals surface area contributed by atoms with Gasteiger partial charge >= 0.3 is 0 Å². The predicted molar refractivity (Wildman–Crippen MR) is 173 cm³/mol. The zero-order valence-corrected chi connectivity index (χ0v) is 27.2. The molecule has 0 bridgehead atoms. The second kappa shape index (κ2) is 14.1. The van der Waals surface area contributed by atoms with Gasteiger partial charge in [0.1, 0.15) is 12.6 Å². The minimum atomic E-state index is -4.15. The molecule has 10 heteroatoms. The summed E-state index contributed by atoms with van der Waals surface area (Å²) in [5.41, 5.74) is 2.89. The van der Waals surface area contributed by atoms with Crippen LogP contribution in [-0.2, 0) is 32.6 Å². The Labute approximate surface area is 263 Å². The molecule has 7 nitrogen and oxygen atoms in total. The number of hydrogen-bond donors (Lipinski definition) is 1. The minimum Gasteiger partial charge on any atom is -0.357 e. The number of halogens is 2. The molecule has 0 aliphatic heterocycles. The first-order valence-electron chi connectivity index (χ1n) is 13.2. The Balaban J connectivity index is 1.79. The van der Waals surface area contributed by atoms with Crippen LogP contribution in [0.3, 0.4) is 0 Å². The van der Waals surface area contributed by atoms with Crippen molar-refractivity contribution in [2.24, 2.45) is 0 Å². The lowest BCUT2D eigenvalue weighted by atomic mass is 10.0. The molecule has 0 heterocycles. The molecular formula is C32H31Br2N3O4S. The molecule has 2 amide bonds. The topological polar surface area (TPSA) is 86.8 Å². The van der Waals surface area contributed by atoms with E-state index >= 15 is 0 Å². The van der Waals surface area contributed by atoms with Crippen LogP contribution in [0.5, 0.6) is 0 Å². The number of nitrogens with zero attached hydrogens (tertiary/aromatic N) is 2. The fourth-order valence-electron chi connectivity index (χ4n) is 4.55. The maximum Gasteiger partial charge on any atom is 0.264 e. The minimum absolute atomic E-state index is 0.0616. The lowest BCUT2D eigenvalue weighted by molar-refractivity contribution is -0.139. The van der Waals surface area contributed by atoms with Crippen LogP contribution < -0.4 is 9.62 Å². The third-order valence-electron chi connectivity index (χ3n) is 6.74. The number of carbonyl (C=O) groups excluding carboxylic acids is 2. The largest absolute Gasteiger partial charge is 0.357 e. The predicted octanol–water partition coefficient (Wildman–Crippen LogP) is 6.10. The van der Waals surface area contributed by atoms with Crippen LogP contribution in [0, 0.1) is 6.92 Å². The van der Waals surface area contributed by atoms with E-state index in [0.29, 0.717) is 10.2 Å². The summed E-state index contributed by atoms with van der Waals surface area (Å²) in [7, 11) is -2.62. The van der Waals surface area contributed by atoms with Gasteiger partial charge in [-0.15, -0.1) is 0 Å². The third kappa shape index (κ3) is 7.87. The van der Waals surface area contributed by atoms with E-state index in [1.165, 1.54) is 24.1 Å². The third-order valence-corrected chi connectivity index (χ3v) is 9.52. The molecule has 1 N–H and O–H groups in total. The van der Waals surface area contributed by atoms with Crippen molar-refractivity contribution in [1.29, 1.82) is 0 Å². The molecule has 0 spiro atoms. The summed E-state index contributed by atoms with van der Waals surface area (Å²) < 4.78 is 30.6. The second-order valence-electron chi connectivity index (χ2n) is 9.78. The van der Waals surface area contributed by atoms with Crippen LogP contribution in [0.15, 0.2) is 117 Å². The van der Waals surface area contributed by atoms with Gasteiger partial charge in [-0.05, 0) is 60.5 Å². The number of anilines is 1. The zero-order valence-electron chi connectivity index (χ0n) is 23.2. The number of nitrogens with one attached hydrogen (secondary N) is 1. The van der Waals surface area contributed by atoms with Gasteiger partial charge in [0.2, 0.25) is 11.8 Å². The van der Waals surface area contributed by atoms with Crippen molar-refractivity contribution in [3.8, 4) is 0 Å². The molecule has 0 aliphatic rings. The molecule has 1 atom stereocenters. The first kappa shape index (κ1) is 31.5. The molecule has 0 saturated heterocycles. The van der Waals surface area contributed by atoms with Gasteiger partial charge in [-0.3, -0.25) is 13.9 Å². The average Bonchev–Trinajstić information content (AvgIpc) is 2.98. The van der Waals surface area contributed by atoms with Crippen LogP contribution in [0.1, 0.15) is 16.7 Å². The Hall–Kier alpha value is -3.47. The molecule has 0 saturated carbocycles. The molecule has 42 heavy (non-hydrogen) atoms. The van der Waals surface area contributed by atoms with Crippen LogP contribution >= 0.6 is 31.9 Å². The van der Waals surface area contributed by atoms with E-state index < -0.39 is 28.5 Å². The van der Waals surface area contributed by atoms with Crippen molar-refractivity contribution >= 4 is 59.4 Å². The second-order valence-corrected chi connectivity index (χ2v) is 13.5. The molecule has 0 aliphatic carbocycles. The number of amides is 2. The van der Waals surface area contributed by atoms with Gasteiger partial charge < -0.3 is 10.2 Å². The van der Waals surface area contributed by atoms with E-state index in [9.17, 15) is 18.0 Å². The first-order chi connectivity index (χ1) is 20.1. The van der Waals surface area contributed by atoms with Crippen LogP contribution in [-0.4, -0.2) is 44.8 Å². The summed E-state index contributed by atoms with van der Waals surface area (Å²) in [4.78, 5) is 29.1. The number of sulfonamides is 1. The van der Waals surface area contributed by atoms with E-state index in [0.717, 1.165) is 25.5 Å². The molecule has 4 aromatic carbocycles. The summed E-state index contributed by atoms with van der Waals surface area (Å²) in [6, 6.07) is 29.3. The first-order valence-corrected chi connectivity index (χ1v) is 16.3. The standard InChI is InChI=1S/C32H31Br2N3O4S/c1-23-14-16-29(17-15-23)42(40,41)37(28-13-7-12-27(34)20-28)22-31(38)36(21-25-10-6-11-26(33)18-25)30(32(39)35-2)19-24-8-4-3-5-9-24/h3-18,20,30H,19,21-22H2,1-2H3,(H,35,39)/t30-/m1/s1. The Morgan fingerprint density at radius 1 is 0.810 bits per heavy atom. The SMILES string of the molecule is CNC(=O)[C@@H](Cc1ccccc1)N(Cc1cccc(Br)c1)C(=O)CN(c1cccc(Br)c1)S(=O)(=O)c1ccc(C)cc1. The van der Waals surface area contributed by atoms with Gasteiger partial charge in [0, 0.05) is 29.0 Å². The number of hydrogen-bond acceptors (Lipinski definition) is 4. The van der Waals surface area contributed by atoms with E-state index in [1.54, 1.807) is 36.4 Å². The number of carbonyl (C=O) groups is 2. The lowest BCUT2D eigenvalue weighted by Gasteiger charge is -2.33. The fourth-order valence-corrected chi connectivity index (χ4v) is 6.79. The van der Waals surface area contributed by atoms with E-state index in [2.05, 4.69) is 37.2 Å². The van der Waals surface area contributed by atoms with Gasteiger partial charge in [0.25, 0.3) is 10.0 Å². The Kier molecular flexibility index (Phi) is 10.6. The number of aryl methyl sites for hydroxylation is 1. The molecule has 0 aromatic heterocycles. The normalized spacial score (nSPS) is 11.9. The van der Waals surface area contributed by atoms with Crippen LogP contribution in [0.4, 0.5) is 5.69 Å². The van der Waals surface area contributed by atoms with Crippen molar-refractivity contribution in [3.63, 3.8) is 0 Å². The van der Waals surface area contributed by atoms with Crippen molar-refractivity contribution < 1.29 is 18.0 Å². The molecule has 0 radical (unpaired) electrons. The van der Waals surface area contributed by atoms with Gasteiger partial charge in [-0.2, -0.15) is 0 Å². The molecule has 0 fully saturated rings. The highest BCUT2D eigenvalue weighted by Gasteiger charge is 2.34. The maximum absolute atomic E-state index is 14.3. The highest BCUT2D eigenvalue weighted by Crippen LogP contribution is 2.27. The zero-order chi connectivity index (χ0) is 30.3. The van der Waals surface area contributed by atoms with Gasteiger partial charge in [-0.25, -0.2) is 8.42 Å². The highest BCUT2D eigenvalue weighted by atomic mass is 79.9. The molecular weight excluding hydrogens is 682 g/mol. The quantitative estimate of drug-likeness (QED) is 0.204. The molecule has 218 valence electrons. The monoisotopic (exact) mass is 711 g/mol.